The largest absolute Gasteiger partial charge is 0.447 e. The first kappa shape index (κ1) is 19.9. The van der Waals surface area contributed by atoms with Crippen LogP contribution in [0.2, 0.25) is 0 Å². The Balaban J connectivity index is 1.81. The van der Waals surface area contributed by atoms with E-state index in [1.165, 1.54) is 0 Å². The number of aliphatic hydroxyl groups is 1. The van der Waals surface area contributed by atoms with E-state index in [1.807, 2.05) is 43.3 Å². The van der Waals surface area contributed by atoms with Gasteiger partial charge in [-0.05, 0) is 36.8 Å². The quantitative estimate of drug-likeness (QED) is 0.682. The smallest absolute Gasteiger partial charge is 0.414 e. The summed E-state index contributed by atoms with van der Waals surface area (Å²) in [6.07, 6.45) is -0.359. The number of amides is 2. The molecule has 148 valence electrons. The second kappa shape index (κ2) is 9.34. The fourth-order valence-corrected chi connectivity index (χ4v) is 3.06. The maximum absolute atomic E-state index is 12.4. The van der Waals surface area contributed by atoms with E-state index >= 15 is 0 Å². The minimum Gasteiger partial charge on any atom is -0.447 e. The van der Waals surface area contributed by atoms with Crippen LogP contribution < -0.4 is 10.2 Å². The summed E-state index contributed by atoms with van der Waals surface area (Å²) >= 11 is 0. The van der Waals surface area contributed by atoms with Crippen molar-refractivity contribution in [3.8, 4) is 11.1 Å². The predicted molar refractivity (Wildman–Crippen MR) is 106 cm³/mol. The van der Waals surface area contributed by atoms with E-state index < -0.39 is 0 Å². The van der Waals surface area contributed by atoms with Crippen molar-refractivity contribution in [3.05, 3.63) is 53.6 Å². The molecule has 0 spiro atoms. The Kier molecular flexibility index (Phi) is 6.62. The maximum Gasteiger partial charge on any atom is 0.414 e. The number of hydrogen-bond acceptors (Lipinski definition) is 5. The van der Waals surface area contributed by atoms with E-state index in [4.69, 9.17) is 14.6 Å². The maximum atomic E-state index is 12.4. The van der Waals surface area contributed by atoms with Gasteiger partial charge in [0.15, 0.2) is 0 Å². The van der Waals surface area contributed by atoms with Gasteiger partial charge in [-0.1, -0.05) is 23.8 Å². The Labute approximate surface area is 163 Å². The molecule has 0 bridgehead atoms. The van der Waals surface area contributed by atoms with Gasteiger partial charge < -0.3 is 19.9 Å². The van der Waals surface area contributed by atoms with Gasteiger partial charge in [0.1, 0.15) is 6.61 Å². The second-order valence-electron chi connectivity index (χ2n) is 6.46. The topological polar surface area (TPSA) is 88.1 Å². The first-order valence-corrected chi connectivity index (χ1v) is 9.22. The van der Waals surface area contributed by atoms with Crippen LogP contribution in [0.1, 0.15) is 15.9 Å². The average Bonchev–Trinajstić information content (AvgIpc) is 3.13. The minimum atomic E-state index is -0.359. The average molecular weight is 384 g/mol. The lowest BCUT2D eigenvalue weighted by atomic mass is 9.98. The number of carbonyl (C=O) groups excluding carboxylic acids is 2. The molecule has 0 aliphatic carbocycles. The van der Waals surface area contributed by atoms with Gasteiger partial charge in [-0.25, -0.2) is 4.79 Å². The van der Waals surface area contributed by atoms with Crippen molar-refractivity contribution in [3.63, 3.8) is 0 Å². The van der Waals surface area contributed by atoms with E-state index in [0.717, 1.165) is 22.4 Å². The molecule has 0 atom stereocenters. The lowest BCUT2D eigenvalue weighted by Gasteiger charge is -2.18. The number of aliphatic hydroxyl groups excluding tert-OH is 1. The van der Waals surface area contributed by atoms with Crippen molar-refractivity contribution < 1.29 is 24.2 Å². The van der Waals surface area contributed by atoms with Gasteiger partial charge in [0.05, 0.1) is 32.1 Å². The fourth-order valence-electron chi connectivity index (χ4n) is 3.06. The molecular formula is C21H24N2O5. The Morgan fingerprint density at radius 1 is 1.25 bits per heavy atom. The Morgan fingerprint density at radius 3 is 2.86 bits per heavy atom. The van der Waals surface area contributed by atoms with Gasteiger partial charge in [-0.3, -0.25) is 9.69 Å². The first-order valence-electron chi connectivity index (χ1n) is 9.22. The number of nitrogens with one attached hydrogen (secondary N) is 1. The van der Waals surface area contributed by atoms with Crippen LogP contribution >= 0.6 is 0 Å². The molecular weight excluding hydrogens is 360 g/mol. The predicted octanol–water partition coefficient (Wildman–Crippen LogP) is 2.36. The SMILES string of the molecule is Cc1ccc(N2CCOC2=O)c(-c2cccc(C(=O)NCCOCCO)c2)c1. The summed E-state index contributed by atoms with van der Waals surface area (Å²) in [5.74, 6) is -0.204. The highest BCUT2D eigenvalue weighted by Gasteiger charge is 2.26. The second-order valence-corrected chi connectivity index (χ2v) is 6.46. The van der Waals surface area contributed by atoms with E-state index in [2.05, 4.69) is 5.32 Å². The van der Waals surface area contributed by atoms with E-state index in [9.17, 15) is 9.59 Å². The molecule has 1 aliphatic rings. The van der Waals surface area contributed by atoms with Crippen molar-refractivity contribution in [2.24, 2.45) is 0 Å². The molecule has 2 amide bonds. The highest BCUT2D eigenvalue weighted by Crippen LogP contribution is 2.33. The summed E-state index contributed by atoms with van der Waals surface area (Å²) in [5, 5.41) is 11.5. The number of carbonyl (C=O) groups is 2. The molecule has 1 saturated heterocycles. The number of anilines is 1. The van der Waals surface area contributed by atoms with Crippen molar-refractivity contribution in [1.29, 1.82) is 0 Å². The first-order chi connectivity index (χ1) is 13.6. The summed E-state index contributed by atoms with van der Waals surface area (Å²) in [6, 6.07) is 13.1. The Hall–Kier alpha value is -2.90. The standard InChI is InChI=1S/C21H24N2O5/c1-15-5-6-19(23-8-11-28-21(23)26)18(13-15)16-3-2-4-17(14-16)20(25)22-7-10-27-12-9-24/h2-6,13-14,24H,7-12H2,1H3,(H,22,25). The Bertz CT molecular complexity index is 852. The van der Waals surface area contributed by atoms with Crippen LogP contribution in [-0.4, -0.2) is 56.6 Å². The van der Waals surface area contributed by atoms with E-state index in [0.29, 0.717) is 31.9 Å². The van der Waals surface area contributed by atoms with Crippen LogP contribution in [-0.2, 0) is 9.47 Å². The molecule has 7 heteroatoms. The highest BCUT2D eigenvalue weighted by molar-refractivity contribution is 5.98. The van der Waals surface area contributed by atoms with Crippen LogP contribution in [0.25, 0.3) is 11.1 Å². The number of cyclic esters (lactones) is 1. The summed E-state index contributed by atoms with van der Waals surface area (Å²) in [4.78, 5) is 26.1. The van der Waals surface area contributed by atoms with Crippen LogP contribution in [0.4, 0.5) is 10.5 Å². The summed E-state index contributed by atoms with van der Waals surface area (Å²) < 4.78 is 10.2. The van der Waals surface area contributed by atoms with Crippen LogP contribution in [0.5, 0.6) is 0 Å². The van der Waals surface area contributed by atoms with E-state index in [-0.39, 0.29) is 25.2 Å². The normalized spacial score (nSPS) is 13.5. The van der Waals surface area contributed by atoms with Gasteiger partial charge in [0.25, 0.3) is 5.91 Å². The lowest BCUT2D eigenvalue weighted by Crippen LogP contribution is -2.27. The highest BCUT2D eigenvalue weighted by atomic mass is 16.6. The number of hydrogen-bond donors (Lipinski definition) is 2. The zero-order chi connectivity index (χ0) is 19.9. The van der Waals surface area contributed by atoms with Gasteiger partial charge in [0.2, 0.25) is 0 Å². The lowest BCUT2D eigenvalue weighted by molar-refractivity contribution is 0.0838. The summed E-state index contributed by atoms with van der Waals surface area (Å²) in [7, 11) is 0. The van der Waals surface area contributed by atoms with Gasteiger partial charge in [-0.15, -0.1) is 0 Å². The molecule has 0 unspecified atom stereocenters. The Morgan fingerprint density at radius 2 is 2.11 bits per heavy atom. The van der Waals surface area contributed by atoms with E-state index in [1.54, 1.807) is 11.0 Å². The monoisotopic (exact) mass is 384 g/mol. The number of nitrogens with zero attached hydrogens (tertiary/aromatic N) is 1. The molecule has 0 aromatic heterocycles. The van der Waals surface area contributed by atoms with Crippen LogP contribution in [0.3, 0.4) is 0 Å². The zero-order valence-electron chi connectivity index (χ0n) is 15.8. The fraction of sp³-hybridized carbons (Fsp3) is 0.333. The number of ether oxygens (including phenoxy) is 2. The van der Waals surface area contributed by atoms with Crippen molar-refractivity contribution in [2.75, 3.05) is 44.4 Å². The molecule has 1 aliphatic heterocycles. The van der Waals surface area contributed by atoms with Crippen LogP contribution in [0, 0.1) is 6.92 Å². The molecule has 2 aromatic carbocycles. The van der Waals surface area contributed by atoms with Gasteiger partial charge in [0, 0.05) is 17.7 Å². The molecule has 0 saturated carbocycles. The molecule has 3 rings (SSSR count). The number of rotatable bonds is 8. The minimum absolute atomic E-state index is 0.0423. The molecule has 2 aromatic rings. The molecule has 28 heavy (non-hydrogen) atoms. The summed E-state index contributed by atoms with van der Waals surface area (Å²) in [6.45, 7) is 3.76. The third-order valence-electron chi connectivity index (χ3n) is 4.41. The molecule has 1 heterocycles. The van der Waals surface area contributed by atoms with Crippen molar-refractivity contribution in [1.82, 2.24) is 5.32 Å². The zero-order valence-corrected chi connectivity index (χ0v) is 15.8. The van der Waals surface area contributed by atoms with Crippen molar-refractivity contribution in [2.45, 2.75) is 6.92 Å². The van der Waals surface area contributed by atoms with Crippen molar-refractivity contribution >= 4 is 17.7 Å². The molecule has 7 nitrogen and oxygen atoms in total. The molecule has 0 radical (unpaired) electrons. The third-order valence-corrected chi connectivity index (χ3v) is 4.41. The van der Waals surface area contributed by atoms with Gasteiger partial charge in [-0.2, -0.15) is 0 Å². The number of benzene rings is 2. The summed E-state index contributed by atoms with van der Waals surface area (Å²) in [5.41, 5.74) is 4.07. The van der Waals surface area contributed by atoms with Gasteiger partial charge >= 0.3 is 6.09 Å². The number of aryl methyl sites for hydroxylation is 1. The molecule has 2 N–H and O–H groups in total. The molecule has 1 fully saturated rings. The van der Waals surface area contributed by atoms with Crippen LogP contribution in [0.15, 0.2) is 42.5 Å². The third kappa shape index (κ3) is 4.68.